The van der Waals surface area contributed by atoms with Crippen LogP contribution in [0, 0.1) is 5.92 Å². The van der Waals surface area contributed by atoms with Gasteiger partial charge in [0.15, 0.2) is 10.8 Å². The number of hydrogen-bond donors (Lipinski definition) is 0. The molecule has 0 spiro atoms. The molecule has 7 nitrogen and oxygen atoms in total. The van der Waals surface area contributed by atoms with E-state index in [2.05, 4.69) is 4.98 Å². The van der Waals surface area contributed by atoms with Gasteiger partial charge in [-0.15, -0.1) is 0 Å². The number of fused-ring (bicyclic) bond motifs is 1. The van der Waals surface area contributed by atoms with Gasteiger partial charge in [0.05, 0.1) is 11.2 Å². The molecule has 4 aromatic carbocycles. The van der Waals surface area contributed by atoms with Crippen LogP contribution in [0.3, 0.4) is 0 Å². The number of anilines is 1. The van der Waals surface area contributed by atoms with Crippen LogP contribution < -0.4 is 4.31 Å². The number of nitrogens with zero attached hydrogens (tertiary/aromatic N) is 2. The van der Waals surface area contributed by atoms with Crippen molar-refractivity contribution in [3.63, 3.8) is 0 Å². The van der Waals surface area contributed by atoms with Gasteiger partial charge in [0.25, 0.3) is 10.0 Å². The van der Waals surface area contributed by atoms with E-state index < -0.39 is 33.4 Å². The van der Waals surface area contributed by atoms with Gasteiger partial charge < -0.3 is 4.74 Å². The number of aromatic nitrogens is 1. The highest BCUT2D eigenvalue weighted by molar-refractivity contribution is 7.92. The normalized spacial score (nSPS) is 16.8. The summed E-state index contributed by atoms with van der Waals surface area (Å²) in [7, 11) is -2.50. The molecular weight excluding hydrogens is 621 g/mol. The minimum Gasteiger partial charge on any atom is -0.458 e. The van der Waals surface area contributed by atoms with Gasteiger partial charge in [-0.05, 0) is 79.1 Å². The monoisotopic (exact) mass is 660 g/mol. The molecule has 0 aliphatic carbocycles. The molecule has 1 fully saturated rings. The van der Waals surface area contributed by atoms with Crippen LogP contribution in [0.1, 0.15) is 55.2 Å². The first-order chi connectivity index (χ1) is 23.2. The molecule has 2 unspecified atom stereocenters. The van der Waals surface area contributed by atoms with Crippen LogP contribution in [-0.4, -0.2) is 37.8 Å². The highest BCUT2D eigenvalue weighted by Gasteiger charge is 2.49. The van der Waals surface area contributed by atoms with Gasteiger partial charge >= 0.3 is 5.97 Å². The number of ketones is 1. The number of carbonyl (C=O) groups excluding carboxylic acids is 2. The van der Waals surface area contributed by atoms with E-state index in [9.17, 15) is 18.0 Å². The quantitative estimate of drug-likeness (QED) is 0.101. The lowest BCUT2D eigenvalue weighted by Gasteiger charge is -2.41. The van der Waals surface area contributed by atoms with Crippen molar-refractivity contribution in [3.8, 4) is 0 Å². The van der Waals surface area contributed by atoms with Crippen LogP contribution in [0.15, 0.2) is 126 Å². The number of pyridine rings is 1. The van der Waals surface area contributed by atoms with Crippen LogP contribution >= 0.6 is 0 Å². The summed E-state index contributed by atoms with van der Waals surface area (Å²) in [5.74, 6) is -2.09. The molecule has 0 bridgehead atoms. The van der Waals surface area contributed by atoms with Crippen LogP contribution in [-0.2, 0) is 37.2 Å². The van der Waals surface area contributed by atoms with Gasteiger partial charge in [-0.2, -0.15) is 8.42 Å². The standard InChI is InChI=1S/C40H40N2O5S/c1-3-34(32-18-12-19-33(27-32)42(2)48(45,46)37-22-21-31-17-10-11-20-35(31)41-37)38-36(43)28-40(47-39(38)44,25-23-29-13-6-4-7-14-29)26-24-30-15-8-5-9-16-30/h4-22,27,34,38H,3,23-26,28H2,1-2H3. The van der Waals surface area contributed by atoms with Gasteiger partial charge in [0.2, 0.25) is 0 Å². The van der Waals surface area contributed by atoms with E-state index in [1.165, 1.54) is 17.4 Å². The number of esters is 1. The molecule has 246 valence electrons. The number of Topliss-reactive ketones (excluding diaryl/α,β-unsaturated/α-hetero) is 1. The van der Waals surface area contributed by atoms with Gasteiger partial charge in [0.1, 0.15) is 11.5 Å². The van der Waals surface area contributed by atoms with Crippen LogP contribution in [0.4, 0.5) is 5.69 Å². The Balaban J connectivity index is 1.24. The molecule has 2 atom stereocenters. The molecule has 2 heterocycles. The van der Waals surface area contributed by atoms with E-state index in [4.69, 9.17) is 4.74 Å². The molecule has 1 aliphatic heterocycles. The Kier molecular flexibility index (Phi) is 9.73. The highest BCUT2D eigenvalue weighted by atomic mass is 32.2. The summed E-state index contributed by atoms with van der Waals surface area (Å²) in [5.41, 5.74) is 3.06. The zero-order valence-corrected chi connectivity index (χ0v) is 28.1. The number of ether oxygens (including phenoxy) is 1. The maximum Gasteiger partial charge on any atom is 0.317 e. The summed E-state index contributed by atoms with van der Waals surface area (Å²) in [4.78, 5) is 32.4. The zero-order chi connectivity index (χ0) is 33.7. The molecule has 1 aliphatic rings. The Morgan fingerprint density at radius 1 is 0.812 bits per heavy atom. The third-order valence-electron chi connectivity index (χ3n) is 9.54. The molecular formula is C40H40N2O5S. The van der Waals surface area contributed by atoms with Crippen molar-refractivity contribution >= 4 is 38.4 Å². The molecule has 0 saturated carbocycles. The van der Waals surface area contributed by atoms with Gasteiger partial charge in [-0.25, -0.2) is 4.98 Å². The van der Waals surface area contributed by atoms with Crippen molar-refractivity contribution in [2.45, 2.75) is 62.0 Å². The molecule has 48 heavy (non-hydrogen) atoms. The number of benzene rings is 4. The number of cyclic esters (lactones) is 1. The van der Waals surface area contributed by atoms with Crippen molar-refractivity contribution in [2.24, 2.45) is 5.92 Å². The summed E-state index contributed by atoms with van der Waals surface area (Å²) in [5, 5.41) is 0.787. The predicted molar refractivity (Wildman–Crippen MR) is 188 cm³/mol. The third kappa shape index (κ3) is 7.04. The fraction of sp³-hybridized carbons (Fsp3) is 0.275. The van der Waals surface area contributed by atoms with Crippen molar-refractivity contribution in [2.75, 3.05) is 11.4 Å². The summed E-state index contributed by atoms with van der Waals surface area (Å²) in [6, 6.07) is 37.7. The van der Waals surface area contributed by atoms with Crippen LogP contribution in [0.2, 0.25) is 0 Å². The summed E-state index contributed by atoms with van der Waals surface area (Å²) >= 11 is 0. The lowest BCUT2D eigenvalue weighted by atomic mass is 9.73. The summed E-state index contributed by atoms with van der Waals surface area (Å²) in [6.07, 6.45) is 3.11. The first kappa shape index (κ1) is 33.1. The molecule has 5 aromatic rings. The first-order valence-corrected chi connectivity index (χ1v) is 17.9. The first-order valence-electron chi connectivity index (χ1n) is 16.5. The number of rotatable bonds is 12. The van der Waals surface area contributed by atoms with Crippen molar-refractivity contribution in [1.29, 1.82) is 0 Å². The number of sulfonamides is 1. The maximum atomic E-state index is 14.1. The maximum absolute atomic E-state index is 14.1. The second-order valence-electron chi connectivity index (χ2n) is 12.6. The lowest BCUT2D eigenvalue weighted by molar-refractivity contribution is -0.180. The average molecular weight is 661 g/mol. The van der Waals surface area contributed by atoms with Crippen molar-refractivity contribution in [1.82, 2.24) is 4.98 Å². The zero-order valence-electron chi connectivity index (χ0n) is 27.3. The number of aryl methyl sites for hydroxylation is 2. The van der Waals surface area contributed by atoms with Crippen LogP contribution in [0.5, 0.6) is 0 Å². The minimum atomic E-state index is -3.99. The summed E-state index contributed by atoms with van der Waals surface area (Å²) < 4.78 is 34.9. The van der Waals surface area contributed by atoms with Crippen molar-refractivity contribution in [3.05, 3.63) is 138 Å². The smallest absolute Gasteiger partial charge is 0.317 e. The number of hydrogen-bond acceptors (Lipinski definition) is 6. The fourth-order valence-corrected chi connectivity index (χ4v) is 7.91. The van der Waals surface area contributed by atoms with E-state index >= 15 is 0 Å². The molecule has 8 heteroatoms. The number of carbonyl (C=O) groups is 2. The second-order valence-corrected chi connectivity index (χ2v) is 14.5. The topological polar surface area (TPSA) is 93.6 Å². The average Bonchev–Trinajstić information content (AvgIpc) is 3.12. The van der Waals surface area contributed by atoms with E-state index in [-0.39, 0.29) is 17.2 Å². The Labute approximate surface area is 282 Å². The van der Waals surface area contributed by atoms with E-state index in [1.807, 2.05) is 91.9 Å². The van der Waals surface area contributed by atoms with Gasteiger partial charge in [0, 0.05) is 24.8 Å². The third-order valence-corrected chi connectivity index (χ3v) is 11.2. The molecule has 0 radical (unpaired) electrons. The minimum absolute atomic E-state index is 0.0606. The highest BCUT2D eigenvalue weighted by Crippen LogP contribution is 2.41. The molecule has 6 rings (SSSR count). The van der Waals surface area contributed by atoms with Gasteiger partial charge in [-0.1, -0.05) is 97.9 Å². The molecule has 1 aromatic heterocycles. The predicted octanol–water partition coefficient (Wildman–Crippen LogP) is 7.69. The van der Waals surface area contributed by atoms with Crippen LogP contribution in [0.25, 0.3) is 10.9 Å². The lowest BCUT2D eigenvalue weighted by Crippen LogP contribution is -2.49. The van der Waals surface area contributed by atoms with E-state index in [1.54, 1.807) is 30.3 Å². The van der Waals surface area contributed by atoms with E-state index in [0.29, 0.717) is 48.9 Å². The van der Waals surface area contributed by atoms with E-state index in [0.717, 1.165) is 16.5 Å². The molecule has 0 N–H and O–H groups in total. The molecule has 0 amide bonds. The Morgan fingerprint density at radius 3 is 2.06 bits per heavy atom. The van der Waals surface area contributed by atoms with Gasteiger partial charge in [-0.3, -0.25) is 13.9 Å². The largest absolute Gasteiger partial charge is 0.458 e. The summed E-state index contributed by atoms with van der Waals surface area (Å²) in [6.45, 7) is 1.93. The Hall–Kier alpha value is -4.82. The Bertz CT molecular complexity index is 1950. The Morgan fingerprint density at radius 2 is 1.44 bits per heavy atom. The number of para-hydroxylation sites is 1. The molecule has 1 saturated heterocycles. The fourth-order valence-electron chi connectivity index (χ4n) is 6.78. The van der Waals surface area contributed by atoms with Crippen molar-refractivity contribution < 1.29 is 22.7 Å². The SMILES string of the molecule is CCC(c1cccc(N(C)S(=O)(=O)c2ccc3ccccc3n2)c1)C1C(=O)CC(CCc2ccccc2)(CCc2ccccc2)OC1=O. The second kappa shape index (κ2) is 14.1.